The first-order valence-electron chi connectivity index (χ1n) is 4.25. The molecule has 0 aromatic heterocycles. The van der Waals surface area contributed by atoms with Gasteiger partial charge in [0.25, 0.3) is 0 Å². The molecular weight excluding hydrogens is 221 g/mol. The first-order valence-corrected chi connectivity index (χ1v) is 5.79. The Morgan fingerprint density at radius 1 is 1.47 bits per heavy atom. The Morgan fingerprint density at radius 3 is 2.60 bits per heavy atom. The largest absolute Gasteiger partial charge is 0.495 e. The molecule has 1 unspecified atom stereocenters. The zero-order valence-corrected chi connectivity index (χ0v) is 9.00. The summed E-state index contributed by atoms with van der Waals surface area (Å²) < 4.78 is 41.2. The topological polar surface area (TPSA) is 69.4 Å². The van der Waals surface area contributed by atoms with Gasteiger partial charge in [0.15, 0.2) is 0 Å². The number of hydrogen-bond donors (Lipinski definition) is 1. The van der Waals surface area contributed by atoms with Gasteiger partial charge in [0, 0.05) is 6.54 Å². The van der Waals surface area contributed by atoms with E-state index in [1.54, 1.807) is 6.07 Å². The maximum Gasteiger partial charge on any atom is 0.217 e. The van der Waals surface area contributed by atoms with Crippen LogP contribution in [-0.4, -0.2) is 27.6 Å². The Kier molecular flexibility index (Phi) is 3.65. The van der Waals surface area contributed by atoms with Crippen LogP contribution in [0.2, 0.25) is 0 Å². The van der Waals surface area contributed by atoms with Gasteiger partial charge >= 0.3 is 0 Å². The number of alkyl halides is 1. The van der Waals surface area contributed by atoms with Gasteiger partial charge in [-0.3, -0.25) is 0 Å². The summed E-state index contributed by atoms with van der Waals surface area (Å²) >= 11 is 0. The van der Waals surface area contributed by atoms with E-state index < -0.39 is 21.9 Å². The van der Waals surface area contributed by atoms with Gasteiger partial charge in [0.1, 0.15) is 10.6 Å². The monoisotopic (exact) mass is 233 g/mol. The molecule has 0 aliphatic heterocycles. The van der Waals surface area contributed by atoms with Crippen LogP contribution in [0.1, 0.15) is 0 Å². The number of rotatable bonds is 4. The van der Waals surface area contributed by atoms with Crippen molar-refractivity contribution in [3.63, 3.8) is 0 Å². The van der Waals surface area contributed by atoms with Crippen molar-refractivity contribution in [2.45, 2.75) is 10.4 Å². The highest BCUT2D eigenvalue weighted by atomic mass is 32.2. The Balaban J connectivity index is 3.27. The normalized spacial score (nSPS) is 13.5. The zero-order valence-electron chi connectivity index (χ0n) is 8.18. The molecular formula is C9H12FNO3S. The van der Waals surface area contributed by atoms with E-state index in [4.69, 9.17) is 10.5 Å². The molecule has 1 aromatic carbocycles. The summed E-state index contributed by atoms with van der Waals surface area (Å²) in [4.78, 5) is -0.176. The number of halogens is 1. The van der Waals surface area contributed by atoms with Gasteiger partial charge in [0.05, 0.1) is 7.11 Å². The van der Waals surface area contributed by atoms with E-state index in [-0.39, 0.29) is 10.6 Å². The van der Waals surface area contributed by atoms with E-state index in [0.717, 1.165) is 0 Å². The zero-order chi connectivity index (χ0) is 11.5. The molecule has 1 aromatic rings. The molecule has 0 saturated heterocycles. The van der Waals surface area contributed by atoms with Crippen LogP contribution in [0.4, 0.5) is 4.39 Å². The smallest absolute Gasteiger partial charge is 0.217 e. The van der Waals surface area contributed by atoms with Gasteiger partial charge in [0.2, 0.25) is 15.3 Å². The van der Waals surface area contributed by atoms with Crippen LogP contribution in [0.25, 0.3) is 0 Å². The number of sulfone groups is 1. The summed E-state index contributed by atoms with van der Waals surface area (Å²) in [5, 5.41) is 0. The average Bonchev–Trinajstić information content (AvgIpc) is 2.27. The van der Waals surface area contributed by atoms with Gasteiger partial charge < -0.3 is 10.5 Å². The summed E-state index contributed by atoms with van der Waals surface area (Å²) in [6, 6.07) is 5.85. The van der Waals surface area contributed by atoms with Crippen molar-refractivity contribution in [1.29, 1.82) is 0 Å². The lowest BCUT2D eigenvalue weighted by atomic mass is 10.3. The van der Waals surface area contributed by atoms with E-state index in [2.05, 4.69) is 0 Å². The predicted octanol–water partition coefficient (Wildman–Crippen LogP) is 0.723. The lowest BCUT2D eigenvalue weighted by Gasteiger charge is -2.11. The number of ether oxygens (including phenoxy) is 1. The third-order valence-corrected chi connectivity index (χ3v) is 3.71. The second-order valence-electron chi connectivity index (χ2n) is 2.84. The maximum atomic E-state index is 13.1. The molecule has 0 aliphatic rings. The van der Waals surface area contributed by atoms with Gasteiger partial charge in [-0.1, -0.05) is 12.1 Å². The van der Waals surface area contributed by atoms with E-state index in [1.165, 1.54) is 25.3 Å². The molecule has 0 amide bonds. The van der Waals surface area contributed by atoms with Gasteiger partial charge in [-0.15, -0.1) is 0 Å². The van der Waals surface area contributed by atoms with Crippen molar-refractivity contribution in [2.75, 3.05) is 13.7 Å². The quantitative estimate of drug-likeness (QED) is 0.832. The number of nitrogens with two attached hydrogens (primary N) is 1. The molecule has 0 bridgehead atoms. The molecule has 84 valence electrons. The minimum atomic E-state index is -4.05. The lowest BCUT2D eigenvalue weighted by molar-refractivity contribution is 0.395. The van der Waals surface area contributed by atoms with Crippen LogP contribution >= 0.6 is 0 Å². The average molecular weight is 233 g/mol. The standard InChI is InChI=1S/C9H12FNO3S/c1-14-7-4-2-3-5-8(7)15(12,13)9(10)6-11/h2-5,9H,6,11H2,1H3. The molecule has 0 saturated carbocycles. The molecule has 0 spiro atoms. The predicted molar refractivity (Wildman–Crippen MR) is 54.1 cm³/mol. The first-order chi connectivity index (χ1) is 7.04. The van der Waals surface area contributed by atoms with Crippen LogP contribution < -0.4 is 10.5 Å². The van der Waals surface area contributed by atoms with Crippen molar-refractivity contribution in [1.82, 2.24) is 0 Å². The number of para-hydroxylation sites is 1. The van der Waals surface area contributed by atoms with Crippen molar-refractivity contribution in [3.8, 4) is 5.75 Å². The summed E-state index contributed by atoms with van der Waals surface area (Å²) in [7, 11) is -2.73. The SMILES string of the molecule is COc1ccccc1S(=O)(=O)C(F)CN. The Labute approximate surface area is 87.8 Å². The van der Waals surface area contributed by atoms with E-state index in [9.17, 15) is 12.8 Å². The van der Waals surface area contributed by atoms with Gasteiger partial charge in [-0.25, -0.2) is 12.8 Å². The van der Waals surface area contributed by atoms with Gasteiger partial charge in [-0.2, -0.15) is 0 Å². The van der Waals surface area contributed by atoms with E-state index in [1.807, 2.05) is 0 Å². The lowest BCUT2D eigenvalue weighted by Crippen LogP contribution is -2.25. The highest BCUT2D eigenvalue weighted by molar-refractivity contribution is 7.92. The van der Waals surface area contributed by atoms with Crippen molar-refractivity contribution >= 4 is 9.84 Å². The fourth-order valence-electron chi connectivity index (χ4n) is 1.12. The second kappa shape index (κ2) is 4.59. The minimum Gasteiger partial charge on any atom is -0.495 e. The molecule has 15 heavy (non-hydrogen) atoms. The van der Waals surface area contributed by atoms with Crippen LogP contribution in [-0.2, 0) is 9.84 Å². The summed E-state index contributed by atoms with van der Waals surface area (Å²) in [5.74, 6) is 0.119. The highest BCUT2D eigenvalue weighted by Gasteiger charge is 2.28. The van der Waals surface area contributed by atoms with Crippen molar-refractivity contribution in [2.24, 2.45) is 5.73 Å². The minimum absolute atomic E-state index is 0.119. The van der Waals surface area contributed by atoms with Crippen LogP contribution in [0, 0.1) is 0 Å². The maximum absolute atomic E-state index is 13.1. The summed E-state index contributed by atoms with van der Waals surface area (Å²) in [6.07, 6.45) is 0. The first kappa shape index (κ1) is 11.9. The van der Waals surface area contributed by atoms with E-state index in [0.29, 0.717) is 0 Å². The molecule has 2 N–H and O–H groups in total. The molecule has 6 heteroatoms. The van der Waals surface area contributed by atoms with Crippen LogP contribution in [0.5, 0.6) is 5.75 Å². The second-order valence-corrected chi connectivity index (χ2v) is 4.88. The molecule has 1 atom stereocenters. The fourth-order valence-corrected chi connectivity index (χ4v) is 2.35. The number of benzene rings is 1. The fraction of sp³-hybridized carbons (Fsp3) is 0.333. The molecule has 0 radical (unpaired) electrons. The summed E-state index contributed by atoms with van der Waals surface area (Å²) in [6.45, 7) is -0.569. The van der Waals surface area contributed by atoms with Crippen molar-refractivity contribution in [3.05, 3.63) is 24.3 Å². The van der Waals surface area contributed by atoms with Crippen molar-refractivity contribution < 1.29 is 17.5 Å². The number of hydrogen-bond acceptors (Lipinski definition) is 4. The third kappa shape index (κ3) is 2.27. The van der Waals surface area contributed by atoms with Gasteiger partial charge in [-0.05, 0) is 12.1 Å². The molecule has 0 aliphatic carbocycles. The Hall–Kier alpha value is -1.14. The molecule has 0 heterocycles. The molecule has 0 fully saturated rings. The number of methoxy groups -OCH3 is 1. The Bertz CT molecular complexity index is 433. The Morgan fingerprint density at radius 2 is 2.07 bits per heavy atom. The van der Waals surface area contributed by atoms with Crippen LogP contribution in [0.15, 0.2) is 29.2 Å². The van der Waals surface area contributed by atoms with E-state index >= 15 is 0 Å². The molecule has 1 rings (SSSR count). The highest BCUT2D eigenvalue weighted by Crippen LogP contribution is 2.26. The molecule has 4 nitrogen and oxygen atoms in total. The van der Waals surface area contributed by atoms with Crippen LogP contribution in [0.3, 0.4) is 0 Å². The summed E-state index contributed by atoms with van der Waals surface area (Å²) in [5.41, 5.74) is 2.89. The third-order valence-electron chi connectivity index (χ3n) is 1.90.